The van der Waals surface area contributed by atoms with Crippen molar-refractivity contribution in [3.63, 3.8) is 0 Å². The number of hydrogen-bond acceptors (Lipinski definition) is 2. The third-order valence-electron chi connectivity index (χ3n) is 1.72. The van der Waals surface area contributed by atoms with Crippen LogP contribution in [0.3, 0.4) is 0 Å². The van der Waals surface area contributed by atoms with Crippen LogP contribution in [0.1, 0.15) is 27.9 Å². The molecule has 0 aliphatic carbocycles. The largest absolute Gasteiger partial charge is 0.276 e. The Morgan fingerprint density at radius 2 is 2.14 bits per heavy atom. The highest BCUT2D eigenvalue weighted by Gasteiger charge is 2.21. The summed E-state index contributed by atoms with van der Waals surface area (Å²) in [5.74, 6) is 0. The minimum Gasteiger partial charge on any atom is -0.276 e. The molecule has 0 aliphatic rings. The van der Waals surface area contributed by atoms with E-state index in [0.29, 0.717) is 0 Å². The van der Waals surface area contributed by atoms with Crippen molar-refractivity contribution in [2.75, 3.05) is 0 Å². The second-order valence-corrected chi connectivity index (χ2v) is 3.28. The Morgan fingerprint density at radius 3 is 2.57 bits per heavy atom. The van der Waals surface area contributed by atoms with Crippen molar-refractivity contribution in [2.24, 2.45) is 0 Å². The van der Waals surface area contributed by atoms with Crippen molar-refractivity contribution >= 4 is 28.4 Å². The number of halogens is 4. The summed E-state index contributed by atoms with van der Waals surface area (Å²) in [6, 6.07) is 0. The van der Waals surface area contributed by atoms with E-state index >= 15 is 0 Å². The Hall–Kier alpha value is -0.740. The van der Waals surface area contributed by atoms with Crippen LogP contribution in [0.2, 0.25) is 5.15 Å². The van der Waals surface area contributed by atoms with Gasteiger partial charge in [0.05, 0.1) is 5.56 Å². The van der Waals surface area contributed by atoms with Gasteiger partial charge in [-0.05, 0) is 24.1 Å². The molecule has 1 aromatic heterocycles. The first-order chi connectivity index (χ1) is 6.45. The van der Waals surface area contributed by atoms with E-state index in [1.165, 1.54) is 6.92 Å². The molecule has 14 heavy (non-hydrogen) atoms. The van der Waals surface area contributed by atoms with Gasteiger partial charge in [0.15, 0.2) is 0 Å². The summed E-state index contributed by atoms with van der Waals surface area (Å²) in [6.07, 6.45) is -1.94. The Balaban J connectivity index is 3.45. The van der Waals surface area contributed by atoms with Crippen molar-refractivity contribution in [3.8, 4) is 0 Å². The molecule has 2 nitrogen and oxygen atoms in total. The number of rotatable bonds is 2. The molecule has 1 rings (SSSR count). The number of pyridine rings is 1. The van der Waals surface area contributed by atoms with E-state index < -0.39 is 17.2 Å². The van der Waals surface area contributed by atoms with Gasteiger partial charge < -0.3 is 0 Å². The summed E-state index contributed by atoms with van der Waals surface area (Å²) < 4.78 is 24.8. The summed E-state index contributed by atoms with van der Waals surface area (Å²) in [5.41, 5.74) is -0.585. The van der Waals surface area contributed by atoms with E-state index in [1.807, 2.05) is 0 Å². The summed E-state index contributed by atoms with van der Waals surface area (Å²) in [4.78, 5) is 14.4. The van der Waals surface area contributed by atoms with Gasteiger partial charge in [-0.1, -0.05) is 11.6 Å². The van der Waals surface area contributed by atoms with E-state index in [1.54, 1.807) is 0 Å². The highest BCUT2D eigenvalue weighted by atomic mass is 35.5. The van der Waals surface area contributed by atoms with Gasteiger partial charge in [0, 0.05) is 11.8 Å². The van der Waals surface area contributed by atoms with Crippen molar-refractivity contribution in [1.82, 2.24) is 4.98 Å². The molecule has 1 heterocycles. The van der Waals surface area contributed by atoms with Gasteiger partial charge in [-0.25, -0.2) is 13.8 Å². The van der Waals surface area contributed by atoms with E-state index in [0.717, 1.165) is 6.20 Å². The molecule has 0 atom stereocenters. The fourth-order valence-electron chi connectivity index (χ4n) is 1.03. The van der Waals surface area contributed by atoms with Gasteiger partial charge in [0.1, 0.15) is 5.15 Å². The van der Waals surface area contributed by atoms with Crippen LogP contribution in [0.4, 0.5) is 8.78 Å². The van der Waals surface area contributed by atoms with Gasteiger partial charge in [0.25, 0.3) is 11.7 Å². The number of aromatic nitrogens is 1. The minimum absolute atomic E-state index is 0.00148. The molecule has 0 spiro atoms. The van der Waals surface area contributed by atoms with Gasteiger partial charge >= 0.3 is 0 Å². The maximum Gasteiger partial charge on any atom is 0.266 e. The van der Waals surface area contributed by atoms with Crippen LogP contribution in [0, 0.1) is 6.92 Å². The Labute approximate surface area is 88.8 Å². The first kappa shape index (κ1) is 11.3. The third-order valence-corrected chi connectivity index (χ3v) is 2.29. The Kier molecular flexibility index (Phi) is 3.39. The average molecular weight is 240 g/mol. The lowest BCUT2D eigenvalue weighted by molar-refractivity contribution is 0.106. The third kappa shape index (κ3) is 2.01. The van der Waals surface area contributed by atoms with Crippen LogP contribution in [-0.4, -0.2) is 10.2 Å². The van der Waals surface area contributed by atoms with Gasteiger partial charge in [-0.2, -0.15) is 0 Å². The lowest BCUT2D eigenvalue weighted by atomic mass is 10.1. The quantitative estimate of drug-likeness (QED) is 0.586. The molecule has 0 saturated carbocycles. The fourth-order valence-corrected chi connectivity index (χ4v) is 1.43. The smallest absolute Gasteiger partial charge is 0.266 e. The summed E-state index contributed by atoms with van der Waals surface area (Å²) in [6.45, 7) is 1.41. The van der Waals surface area contributed by atoms with Crippen molar-refractivity contribution in [1.29, 1.82) is 0 Å². The number of carbonyl (C=O) groups excluding carboxylic acids is 1. The summed E-state index contributed by atoms with van der Waals surface area (Å²) in [5, 5.41) is -0.958. The highest BCUT2D eigenvalue weighted by molar-refractivity contribution is 6.68. The second-order valence-electron chi connectivity index (χ2n) is 2.58. The maximum atomic E-state index is 12.4. The zero-order chi connectivity index (χ0) is 10.9. The number of hydrogen-bond donors (Lipinski definition) is 0. The number of alkyl halides is 2. The SMILES string of the molecule is Cc1c(Cl)ncc(C(F)F)c1C(=O)Cl. The van der Waals surface area contributed by atoms with Crippen LogP contribution in [0.25, 0.3) is 0 Å². The fraction of sp³-hybridized carbons (Fsp3) is 0.250. The monoisotopic (exact) mass is 239 g/mol. The lowest BCUT2D eigenvalue weighted by Gasteiger charge is -2.08. The molecular formula is C8H5Cl2F2NO. The molecule has 0 amide bonds. The average Bonchev–Trinajstić information content (AvgIpc) is 2.08. The molecule has 0 radical (unpaired) electrons. The molecule has 1 aromatic rings. The van der Waals surface area contributed by atoms with Gasteiger partial charge in [0.2, 0.25) is 0 Å². The topological polar surface area (TPSA) is 30.0 Å². The first-order valence-electron chi connectivity index (χ1n) is 3.58. The van der Waals surface area contributed by atoms with Crippen LogP contribution in [-0.2, 0) is 0 Å². The standard InChI is InChI=1S/C8H5Cl2F2NO/c1-3-5(7(10)14)4(8(11)12)2-13-6(3)9/h2,8H,1H3. The van der Waals surface area contributed by atoms with E-state index in [2.05, 4.69) is 4.98 Å². The number of nitrogens with zero attached hydrogens (tertiary/aromatic N) is 1. The van der Waals surface area contributed by atoms with Crippen LogP contribution in [0.5, 0.6) is 0 Å². The van der Waals surface area contributed by atoms with Crippen LogP contribution >= 0.6 is 23.2 Å². The predicted molar refractivity (Wildman–Crippen MR) is 49.1 cm³/mol. The zero-order valence-corrected chi connectivity index (χ0v) is 8.53. The predicted octanol–water partition coefficient (Wildman–Crippen LogP) is 3.36. The molecule has 0 saturated heterocycles. The van der Waals surface area contributed by atoms with Crippen LogP contribution < -0.4 is 0 Å². The van der Waals surface area contributed by atoms with E-state index in [9.17, 15) is 13.6 Å². The van der Waals surface area contributed by atoms with Gasteiger partial charge in [-0.3, -0.25) is 4.79 Å². The first-order valence-corrected chi connectivity index (χ1v) is 4.33. The zero-order valence-electron chi connectivity index (χ0n) is 7.02. The van der Waals surface area contributed by atoms with Gasteiger partial charge in [-0.15, -0.1) is 0 Å². The highest BCUT2D eigenvalue weighted by Crippen LogP contribution is 2.28. The number of carbonyl (C=O) groups is 1. The van der Waals surface area contributed by atoms with Crippen molar-refractivity contribution < 1.29 is 13.6 Å². The summed E-state index contributed by atoms with van der Waals surface area (Å²) >= 11 is 10.7. The molecule has 0 N–H and O–H groups in total. The summed E-state index contributed by atoms with van der Waals surface area (Å²) in [7, 11) is 0. The lowest BCUT2D eigenvalue weighted by Crippen LogP contribution is -2.03. The maximum absolute atomic E-state index is 12.4. The molecular weight excluding hydrogens is 235 g/mol. The van der Waals surface area contributed by atoms with E-state index in [-0.39, 0.29) is 16.3 Å². The van der Waals surface area contributed by atoms with Crippen LogP contribution in [0.15, 0.2) is 6.20 Å². The molecule has 76 valence electrons. The molecule has 0 fully saturated rings. The molecule has 0 unspecified atom stereocenters. The van der Waals surface area contributed by atoms with E-state index in [4.69, 9.17) is 23.2 Å². The second kappa shape index (κ2) is 4.19. The molecule has 0 aromatic carbocycles. The normalized spacial score (nSPS) is 10.7. The van der Waals surface area contributed by atoms with Crippen molar-refractivity contribution in [2.45, 2.75) is 13.3 Å². The van der Waals surface area contributed by atoms with Crippen molar-refractivity contribution in [3.05, 3.63) is 28.0 Å². The molecule has 0 aliphatic heterocycles. The Morgan fingerprint density at radius 1 is 1.57 bits per heavy atom. The minimum atomic E-state index is -2.80. The molecule has 6 heteroatoms. The molecule has 0 bridgehead atoms. The Bertz CT molecular complexity index is 382.